The molecular weight excluding hydrogens is 252 g/mol. The number of sulfonamides is 1. The fraction of sp³-hybridized carbons (Fsp3) is 0.182. The first kappa shape index (κ1) is 12.4. The second-order valence-electron chi connectivity index (χ2n) is 3.99. The summed E-state index contributed by atoms with van der Waals surface area (Å²) in [5.74, 6) is 0.260. The highest BCUT2D eigenvalue weighted by atomic mass is 32.2. The molecule has 6 nitrogen and oxygen atoms in total. The molecule has 0 aliphatic heterocycles. The van der Waals surface area contributed by atoms with E-state index < -0.39 is 10.0 Å². The molecule has 0 fully saturated rings. The number of hydrogen-bond acceptors (Lipinski definition) is 4. The van der Waals surface area contributed by atoms with Gasteiger partial charge in [0.1, 0.15) is 0 Å². The number of benzene rings is 1. The molecular formula is C11H14N4O2S. The standard InChI is InChI=1S/C11H14N4O2S/c1-8-3-5-9(6-4-8)18(16,17)14-11-10(12)7-13-15(11)2/h3-7,14H,12H2,1-2H3. The first-order valence-electron chi connectivity index (χ1n) is 5.27. The minimum atomic E-state index is -3.64. The molecule has 96 valence electrons. The Kier molecular flexibility index (Phi) is 3.00. The van der Waals surface area contributed by atoms with E-state index in [1.165, 1.54) is 10.9 Å². The van der Waals surface area contributed by atoms with Crippen molar-refractivity contribution < 1.29 is 8.42 Å². The van der Waals surface area contributed by atoms with Crippen molar-refractivity contribution in [2.24, 2.45) is 7.05 Å². The Morgan fingerprint density at radius 1 is 1.28 bits per heavy atom. The smallest absolute Gasteiger partial charge is 0.263 e. The summed E-state index contributed by atoms with van der Waals surface area (Å²) in [5, 5.41) is 3.87. The van der Waals surface area contributed by atoms with Crippen molar-refractivity contribution in [3.05, 3.63) is 36.0 Å². The lowest BCUT2D eigenvalue weighted by Crippen LogP contribution is -2.16. The molecule has 0 atom stereocenters. The van der Waals surface area contributed by atoms with E-state index >= 15 is 0 Å². The minimum absolute atomic E-state index is 0.189. The van der Waals surface area contributed by atoms with Crippen LogP contribution in [0.3, 0.4) is 0 Å². The van der Waals surface area contributed by atoms with Crippen LogP contribution in [-0.2, 0) is 17.1 Å². The molecule has 0 spiro atoms. The first-order valence-corrected chi connectivity index (χ1v) is 6.75. The summed E-state index contributed by atoms with van der Waals surface area (Å²) < 4.78 is 28.0. The number of nitrogen functional groups attached to an aromatic ring is 1. The van der Waals surface area contributed by atoms with Crippen molar-refractivity contribution in [1.82, 2.24) is 9.78 Å². The van der Waals surface area contributed by atoms with E-state index in [1.807, 2.05) is 6.92 Å². The zero-order valence-corrected chi connectivity index (χ0v) is 10.9. The van der Waals surface area contributed by atoms with Crippen LogP contribution in [0.2, 0.25) is 0 Å². The highest BCUT2D eigenvalue weighted by Gasteiger charge is 2.17. The third-order valence-electron chi connectivity index (χ3n) is 2.53. The second kappa shape index (κ2) is 4.34. The van der Waals surface area contributed by atoms with Crippen LogP contribution in [0.15, 0.2) is 35.4 Å². The van der Waals surface area contributed by atoms with Gasteiger partial charge in [-0.25, -0.2) is 8.42 Å². The summed E-state index contributed by atoms with van der Waals surface area (Å²) >= 11 is 0. The number of rotatable bonds is 3. The molecule has 0 bridgehead atoms. The first-order chi connectivity index (χ1) is 8.40. The van der Waals surface area contributed by atoms with E-state index in [2.05, 4.69) is 9.82 Å². The van der Waals surface area contributed by atoms with Crippen LogP contribution >= 0.6 is 0 Å². The number of nitrogens with zero attached hydrogens (tertiary/aromatic N) is 2. The highest BCUT2D eigenvalue weighted by Crippen LogP contribution is 2.20. The number of nitrogens with two attached hydrogens (primary N) is 1. The average molecular weight is 266 g/mol. The van der Waals surface area contributed by atoms with Crippen molar-refractivity contribution in [3.8, 4) is 0 Å². The highest BCUT2D eigenvalue weighted by molar-refractivity contribution is 7.92. The molecule has 0 aliphatic rings. The third-order valence-corrected chi connectivity index (χ3v) is 3.88. The molecule has 1 heterocycles. The van der Waals surface area contributed by atoms with Crippen LogP contribution < -0.4 is 10.5 Å². The summed E-state index contributed by atoms with van der Waals surface area (Å²) in [7, 11) is -2.02. The third kappa shape index (κ3) is 2.30. The van der Waals surface area contributed by atoms with Crippen LogP contribution in [0, 0.1) is 6.92 Å². The van der Waals surface area contributed by atoms with E-state index in [9.17, 15) is 8.42 Å². The predicted octanol–water partition coefficient (Wildman–Crippen LogP) is 1.11. The number of aryl methyl sites for hydroxylation is 2. The second-order valence-corrected chi connectivity index (χ2v) is 5.67. The molecule has 1 aromatic carbocycles. The van der Waals surface area contributed by atoms with Gasteiger partial charge in [-0.05, 0) is 19.1 Å². The van der Waals surface area contributed by atoms with Gasteiger partial charge in [0.25, 0.3) is 10.0 Å². The van der Waals surface area contributed by atoms with Gasteiger partial charge >= 0.3 is 0 Å². The zero-order valence-electron chi connectivity index (χ0n) is 10.1. The Morgan fingerprint density at radius 3 is 2.39 bits per heavy atom. The van der Waals surface area contributed by atoms with Gasteiger partial charge in [-0.2, -0.15) is 5.10 Å². The van der Waals surface area contributed by atoms with Gasteiger partial charge in [-0.15, -0.1) is 0 Å². The molecule has 0 amide bonds. The van der Waals surface area contributed by atoms with Crippen LogP contribution in [-0.4, -0.2) is 18.2 Å². The summed E-state index contributed by atoms with van der Waals surface area (Å²) in [6.07, 6.45) is 1.40. The van der Waals surface area contributed by atoms with Crippen LogP contribution in [0.4, 0.5) is 11.5 Å². The van der Waals surface area contributed by atoms with E-state index in [1.54, 1.807) is 31.3 Å². The predicted molar refractivity (Wildman–Crippen MR) is 69.6 cm³/mol. The summed E-state index contributed by atoms with van der Waals surface area (Å²) in [5.41, 5.74) is 6.92. The van der Waals surface area contributed by atoms with Gasteiger partial charge in [-0.1, -0.05) is 17.7 Å². The van der Waals surface area contributed by atoms with Crippen molar-refractivity contribution in [2.45, 2.75) is 11.8 Å². The van der Waals surface area contributed by atoms with Crippen molar-refractivity contribution in [1.29, 1.82) is 0 Å². The van der Waals surface area contributed by atoms with Crippen LogP contribution in [0.5, 0.6) is 0 Å². The largest absolute Gasteiger partial charge is 0.394 e. The molecule has 0 saturated carbocycles. The lowest BCUT2D eigenvalue weighted by atomic mass is 10.2. The van der Waals surface area contributed by atoms with Crippen molar-refractivity contribution in [3.63, 3.8) is 0 Å². The van der Waals surface area contributed by atoms with Gasteiger partial charge in [0, 0.05) is 7.05 Å². The number of anilines is 2. The normalized spacial score (nSPS) is 11.4. The Labute approximate surface area is 105 Å². The maximum Gasteiger partial charge on any atom is 0.263 e. The maximum atomic E-state index is 12.1. The lowest BCUT2D eigenvalue weighted by Gasteiger charge is -2.09. The van der Waals surface area contributed by atoms with Gasteiger partial charge in [0.2, 0.25) is 0 Å². The molecule has 0 radical (unpaired) electrons. The Balaban J connectivity index is 2.36. The Morgan fingerprint density at radius 2 is 1.89 bits per heavy atom. The lowest BCUT2D eigenvalue weighted by molar-refractivity contribution is 0.600. The molecule has 1 aromatic heterocycles. The monoisotopic (exact) mass is 266 g/mol. The zero-order chi connectivity index (χ0) is 13.3. The Bertz CT molecular complexity index is 639. The average Bonchev–Trinajstić information content (AvgIpc) is 2.61. The molecule has 0 aliphatic carbocycles. The molecule has 7 heteroatoms. The summed E-state index contributed by atoms with van der Waals surface area (Å²) in [6, 6.07) is 6.57. The van der Waals surface area contributed by atoms with Crippen molar-refractivity contribution >= 4 is 21.5 Å². The van der Waals surface area contributed by atoms with E-state index in [0.29, 0.717) is 0 Å². The van der Waals surface area contributed by atoms with Crippen LogP contribution in [0.1, 0.15) is 5.56 Å². The molecule has 0 unspecified atom stereocenters. The SMILES string of the molecule is Cc1ccc(S(=O)(=O)Nc2c(N)cnn2C)cc1. The maximum absolute atomic E-state index is 12.1. The molecule has 2 aromatic rings. The van der Waals surface area contributed by atoms with Crippen LogP contribution in [0.25, 0.3) is 0 Å². The van der Waals surface area contributed by atoms with E-state index in [-0.39, 0.29) is 16.4 Å². The van der Waals surface area contributed by atoms with Crippen molar-refractivity contribution in [2.75, 3.05) is 10.5 Å². The van der Waals surface area contributed by atoms with Gasteiger partial charge in [-0.3, -0.25) is 9.40 Å². The molecule has 0 saturated heterocycles. The number of hydrogen-bond donors (Lipinski definition) is 2. The van der Waals surface area contributed by atoms with Gasteiger partial charge < -0.3 is 5.73 Å². The fourth-order valence-corrected chi connectivity index (χ4v) is 2.60. The van der Waals surface area contributed by atoms with Gasteiger partial charge in [0.05, 0.1) is 16.8 Å². The molecule has 3 N–H and O–H groups in total. The topological polar surface area (TPSA) is 90.0 Å². The minimum Gasteiger partial charge on any atom is -0.394 e. The van der Waals surface area contributed by atoms with E-state index in [0.717, 1.165) is 5.56 Å². The Hall–Kier alpha value is -2.02. The summed E-state index contributed by atoms with van der Waals surface area (Å²) in [6.45, 7) is 1.89. The molecule has 2 rings (SSSR count). The van der Waals surface area contributed by atoms with Gasteiger partial charge in [0.15, 0.2) is 5.82 Å². The fourth-order valence-electron chi connectivity index (χ4n) is 1.48. The quantitative estimate of drug-likeness (QED) is 0.870. The molecule has 18 heavy (non-hydrogen) atoms. The summed E-state index contributed by atoms with van der Waals surface area (Å²) in [4.78, 5) is 0.189. The number of nitrogens with one attached hydrogen (secondary N) is 1. The number of aromatic nitrogens is 2. The van der Waals surface area contributed by atoms with E-state index in [4.69, 9.17) is 5.73 Å².